The standard InChI is InChI=1S/C16H15BrN2O2/c1-20-13-5-6-14(17)15(8-13)19-10-11-3-4-12(9-18)16(7-11)21-2/h3-8,19H,10H2,1-2H3. The van der Waals surface area contributed by atoms with Crippen molar-refractivity contribution in [2.45, 2.75) is 6.54 Å². The number of methoxy groups -OCH3 is 2. The van der Waals surface area contributed by atoms with Gasteiger partial charge in [-0.1, -0.05) is 6.07 Å². The number of anilines is 1. The molecule has 0 atom stereocenters. The molecule has 2 aromatic carbocycles. The molecule has 0 unspecified atom stereocenters. The van der Waals surface area contributed by atoms with Gasteiger partial charge in [-0.25, -0.2) is 0 Å². The van der Waals surface area contributed by atoms with Crippen molar-refractivity contribution in [2.75, 3.05) is 19.5 Å². The van der Waals surface area contributed by atoms with Crippen molar-refractivity contribution >= 4 is 21.6 Å². The second kappa shape index (κ2) is 7.00. The molecule has 0 aliphatic carbocycles. The smallest absolute Gasteiger partial charge is 0.136 e. The first-order valence-electron chi connectivity index (χ1n) is 6.32. The number of ether oxygens (including phenoxy) is 2. The first-order valence-corrected chi connectivity index (χ1v) is 7.11. The normalized spacial score (nSPS) is 9.81. The van der Waals surface area contributed by atoms with Gasteiger partial charge in [0.25, 0.3) is 0 Å². The maximum atomic E-state index is 8.98. The van der Waals surface area contributed by atoms with E-state index in [0.717, 1.165) is 21.5 Å². The monoisotopic (exact) mass is 346 g/mol. The lowest BCUT2D eigenvalue weighted by atomic mass is 10.1. The Bertz CT molecular complexity index is 680. The van der Waals surface area contributed by atoms with Crippen LogP contribution in [0.2, 0.25) is 0 Å². The van der Waals surface area contributed by atoms with Crippen molar-refractivity contribution in [3.8, 4) is 17.6 Å². The Balaban J connectivity index is 2.15. The molecule has 0 spiro atoms. The SMILES string of the molecule is COc1ccc(Br)c(NCc2ccc(C#N)c(OC)c2)c1. The molecule has 0 bridgehead atoms. The first kappa shape index (κ1) is 15.2. The van der Waals surface area contributed by atoms with Gasteiger partial charge in [-0.15, -0.1) is 0 Å². The van der Waals surface area contributed by atoms with E-state index in [0.29, 0.717) is 17.9 Å². The molecular weight excluding hydrogens is 332 g/mol. The lowest BCUT2D eigenvalue weighted by molar-refractivity contribution is 0.413. The summed E-state index contributed by atoms with van der Waals surface area (Å²) in [5.41, 5.74) is 2.50. The second-order valence-corrected chi connectivity index (χ2v) is 5.20. The zero-order valence-corrected chi connectivity index (χ0v) is 13.4. The van der Waals surface area contributed by atoms with Crippen molar-refractivity contribution < 1.29 is 9.47 Å². The summed E-state index contributed by atoms with van der Waals surface area (Å²) in [6.45, 7) is 0.619. The van der Waals surface area contributed by atoms with Gasteiger partial charge in [0.05, 0.1) is 25.5 Å². The van der Waals surface area contributed by atoms with E-state index in [1.165, 1.54) is 0 Å². The summed E-state index contributed by atoms with van der Waals surface area (Å²) in [6, 6.07) is 13.4. The molecule has 0 radical (unpaired) electrons. The second-order valence-electron chi connectivity index (χ2n) is 4.35. The van der Waals surface area contributed by atoms with Crippen LogP contribution in [0.5, 0.6) is 11.5 Å². The Hall–Kier alpha value is -2.19. The van der Waals surface area contributed by atoms with Crippen LogP contribution < -0.4 is 14.8 Å². The van der Waals surface area contributed by atoms with Crippen molar-refractivity contribution in [1.29, 1.82) is 5.26 Å². The molecule has 0 aliphatic rings. The number of benzene rings is 2. The fourth-order valence-electron chi connectivity index (χ4n) is 1.90. The van der Waals surface area contributed by atoms with E-state index in [-0.39, 0.29) is 0 Å². The molecule has 5 heteroatoms. The first-order chi connectivity index (χ1) is 10.2. The van der Waals surface area contributed by atoms with E-state index < -0.39 is 0 Å². The average molecular weight is 347 g/mol. The molecule has 0 saturated heterocycles. The highest BCUT2D eigenvalue weighted by molar-refractivity contribution is 9.10. The minimum atomic E-state index is 0.531. The fourth-order valence-corrected chi connectivity index (χ4v) is 2.29. The summed E-state index contributed by atoms with van der Waals surface area (Å²) in [6.07, 6.45) is 0. The molecule has 21 heavy (non-hydrogen) atoms. The largest absolute Gasteiger partial charge is 0.497 e. The fraction of sp³-hybridized carbons (Fsp3) is 0.188. The topological polar surface area (TPSA) is 54.3 Å². The van der Waals surface area contributed by atoms with Crippen molar-refractivity contribution in [3.63, 3.8) is 0 Å². The number of hydrogen-bond donors (Lipinski definition) is 1. The van der Waals surface area contributed by atoms with E-state index in [2.05, 4.69) is 27.3 Å². The lowest BCUT2D eigenvalue weighted by Gasteiger charge is -2.11. The van der Waals surface area contributed by atoms with Gasteiger partial charge in [-0.05, 0) is 45.8 Å². The average Bonchev–Trinajstić information content (AvgIpc) is 2.53. The Kier molecular flexibility index (Phi) is 5.07. The molecule has 2 rings (SSSR count). The molecule has 2 aromatic rings. The Morgan fingerprint density at radius 2 is 1.95 bits per heavy atom. The highest BCUT2D eigenvalue weighted by Gasteiger charge is 2.05. The molecule has 4 nitrogen and oxygen atoms in total. The highest BCUT2D eigenvalue weighted by atomic mass is 79.9. The number of rotatable bonds is 5. The quantitative estimate of drug-likeness (QED) is 0.890. The minimum Gasteiger partial charge on any atom is -0.497 e. The summed E-state index contributed by atoms with van der Waals surface area (Å²) < 4.78 is 11.4. The van der Waals surface area contributed by atoms with E-state index >= 15 is 0 Å². The summed E-state index contributed by atoms with van der Waals surface area (Å²) in [4.78, 5) is 0. The Morgan fingerprint density at radius 3 is 2.62 bits per heavy atom. The molecule has 1 N–H and O–H groups in total. The van der Waals surface area contributed by atoms with Crippen LogP contribution >= 0.6 is 15.9 Å². The molecule has 0 amide bonds. The van der Waals surface area contributed by atoms with Crippen LogP contribution in [-0.4, -0.2) is 14.2 Å². The van der Waals surface area contributed by atoms with Gasteiger partial charge in [0.1, 0.15) is 17.6 Å². The van der Waals surface area contributed by atoms with Crippen LogP contribution in [0.1, 0.15) is 11.1 Å². The number of hydrogen-bond acceptors (Lipinski definition) is 4. The summed E-state index contributed by atoms with van der Waals surface area (Å²) in [7, 11) is 3.20. The zero-order valence-electron chi connectivity index (χ0n) is 11.8. The maximum absolute atomic E-state index is 8.98. The Labute approximate surface area is 132 Å². The third-order valence-electron chi connectivity index (χ3n) is 3.04. The van der Waals surface area contributed by atoms with Gasteiger partial charge in [0.15, 0.2) is 0 Å². The van der Waals surface area contributed by atoms with Crippen LogP contribution in [0, 0.1) is 11.3 Å². The van der Waals surface area contributed by atoms with Crippen LogP contribution in [0.3, 0.4) is 0 Å². The van der Waals surface area contributed by atoms with Crippen LogP contribution in [-0.2, 0) is 6.54 Å². The predicted molar refractivity (Wildman–Crippen MR) is 85.7 cm³/mol. The minimum absolute atomic E-state index is 0.531. The van der Waals surface area contributed by atoms with Gasteiger partial charge in [-0.3, -0.25) is 0 Å². The number of nitrogens with one attached hydrogen (secondary N) is 1. The third-order valence-corrected chi connectivity index (χ3v) is 3.73. The van der Waals surface area contributed by atoms with E-state index in [1.807, 2.05) is 30.3 Å². The van der Waals surface area contributed by atoms with Gasteiger partial charge in [-0.2, -0.15) is 5.26 Å². The lowest BCUT2D eigenvalue weighted by Crippen LogP contribution is -2.01. The summed E-state index contributed by atoms with van der Waals surface area (Å²) in [5.74, 6) is 1.37. The molecule has 108 valence electrons. The molecule has 0 saturated carbocycles. The van der Waals surface area contributed by atoms with Crippen molar-refractivity contribution in [1.82, 2.24) is 0 Å². The van der Waals surface area contributed by atoms with Gasteiger partial charge in [0.2, 0.25) is 0 Å². The number of nitrogens with zero attached hydrogens (tertiary/aromatic N) is 1. The van der Waals surface area contributed by atoms with Gasteiger partial charge >= 0.3 is 0 Å². The van der Waals surface area contributed by atoms with Gasteiger partial charge < -0.3 is 14.8 Å². The maximum Gasteiger partial charge on any atom is 0.136 e. The van der Waals surface area contributed by atoms with Gasteiger partial charge in [0, 0.05) is 17.1 Å². The van der Waals surface area contributed by atoms with Crippen molar-refractivity contribution in [2.24, 2.45) is 0 Å². The van der Waals surface area contributed by atoms with E-state index in [9.17, 15) is 0 Å². The third kappa shape index (κ3) is 3.67. The van der Waals surface area contributed by atoms with Crippen LogP contribution in [0.4, 0.5) is 5.69 Å². The highest BCUT2D eigenvalue weighted by Crippen LogP contribution is 2.28. The molecule has 0 fully saturated rings. The zero-order chi connectivity index (χ0) is 15.2. The number of halogens is 1. The Morgan fingerprint density at radius 1 is 1.14 bits per heavy atom. The molecule has 0 aliphatic heterocycles. The van der Waals surface area contributed by atoms with Crippen LogP contribution in [0.25, 0.3) is 0 Å². The molecule has 0 aromatic heterocycles. The summed E-state index contributed by atoms with van der Waals surface area (Å²) in [5, 5.41) is 12.3. The van der Waals surface area contributed by atoms with E-state index in [4.69, 9.17) is 14.7 Å². The van der Waals surface area contributed by atoms with Crippen molar-refractivity contribution in [3.05, 3.63) is 52.0 Å². The van der Waals surface area contributed by atoms with Crippen LogP contribution in [0.15, 0.2) is 40.9 Å². The predicted octanol–water partition coefficient (Wildman–Crippen LogP) is 3.95. The molecule has 0 heterocycles. The van der Waals surface area contributed by atoms with E-state index in [1.54, 1.807) is 20.3 Å². The molecular formula is C16H15BrN2O2. The summed E-state index contributed by atoms with van der Waals surface area (Å²) >= 11 is 3.50. The number of nitriles is 1.